The number of benzene rings is 1. The molecule has 3 nitrogen and oxygen atoms in total. The summed E-state index contributed by atoms with van der Waals surface area (Å²) >= 11 is 6.66. The highest BCUT2D eigenvalue weighted by molar-refractivity contribution is 9.11. The first-order valence-corrected chi connectivity index (χ1v) is 6.20. The van der Waals surface area contributed by atoms with Crippen molar-refractivity contribution < 1.29 is 9.53 Å². The number of hydrogen-bond donors (Lipinski definition) is 0. The number of rotatable bonds is 3. The number of nitriles is 1. The maximum absolute atomic E-state index is 11.3. The molecular weight excluding hydrogens is 338 g/mol. The molecular formula is C11H9Br2NO2. The van der Waals surface area contributed by atoms with Crippen molar-refractivity contribution in [3.05, 3.63) is 32.2 Å². The summed E-state index contributed by atoms with van der Waals surface area (Å²) in [5.74, 6) is -0.284. The predicted octanol–water partition coefficient (Wildman–Crippen LogP) is 3.19. The summed E-state index contributed by atoms with van der Waals surface area (Å²) < 4.78 is 6.32. The van der Waals surface area contributed by atoms with Gasteiger partial charge in [0, 0.05) is 8.95 Å². The number of nitrogens with zero attached hydrogens (tertiary/aromatic N) is 1. The van der Waals surface area contributed by atoms with Crippen molar-refractivity contribution in [1.29, 1.82) is 5.26 Å². The Kier molecular flexibility index (Phi) is 4.97. The topological polar surface area (TPSA) is 50.1 Å². The summed E-state index contributed by atoms with van der Waals surface area (Å²) in [4.78, 5) is 11.3. The number of halogens is 2. The Morgan fingerprint density at radius 1 is 1.44 bits per heavy atom. The van der Waals surface area contributed by atoms with Gasteiger partial charge in [0.15, 0.2) is 0 Å². The summed E-state index contributed by atoms with van der Waals surface area (Å²) in [7, 11) is 0. The lowest BCUT2D eigenvalue weighted by molar-refractivity contribution is -0.142. The first-order valence-electron chi connectivity index (χ1n) is 4.62. The Hall–Kier alpha value is -0.860. The summed E-state index contributed by atoms with van der Waals surface area (Å²) in [6.45, 7) is 2.13. The first kappa shape index (κ1) is 13.2. The van der Waals surface area contributed by atoms with Gasteiger partial charge >= 0.3 is 5.97 Å². The monoisotopic (exact) mass is 345 g/mol. The van der Waals surface area contributed by atoms with E-state index in [-0.39, 0.29) is 12.4 Å². The van der Waals surface area contributed by atoms with Crippen molar-refractivity contribution in [3.8, 4) is 6.07 Å². The molecule has 0 amide bonds. The molecule has 0 aliphatic heterocycles. The minimum atomic E-state index is -0.284. The van der Waals surface area contributed by atoms with Gasteiger partial charge in [-0.25, -0.2) is 0 Å². The molecule has 5 heteroatoms. The fourth-order valence-electron chi connectivity index (χ4n) is 1.19. The number of carbonyl (C=O) groups is 1. The molecule has 0 bridgehead atoms. The second kappa shape index (κ2) is 6.02. The quantitative estimate of drug-likeness (QED) is 0.790. The molecule has 0 aliphatic rings. The Bertz CT molecular complexity index is 429. The smallest absolute Gasteiger partial charge is 0.310 e. The number of carbonyl (C=O) groups excluding carboxylic acids is 1. The molecule has 0 saturated carbocycles. The Morgan fingerprint density at radius 3 is 2.44 bits per heavy atom. The molecule has 0 heterocycles. The molecule has 0 atom stereocenters. The van der Waals surface area contributed by atoms with E-state index in [2.05, 4.69) is 31.9 Å². The second-order valence-electron chi connectivity index (χ2n) is 3.01. The van der Waals surface area contributed by atoms with Crippen LogP contribution in [0.1, 0.15) is 18.1 Å². The van der Waals surface area contributed by atoms with Gasteiger partial charge in [-0.3, -0.25) is 4.79 Å². The zero-order valence-corrected chi connectivity index (χ0v) is 11.8. The largest absolute Gasteiger partial charge is 0.466 e. The molecule has 0 fully saturated rings. The number of hydrogen-bond acceptors (Lipinski definition) is 3. The highest BCUT2D eigenvalue weighted by Gasteiger charge is 2.12. The minimum absolute atomic E-state index is 0.181. The molecule has 0 N–H and O–H groups in total. The lowest BCUT2D eigenvalue weighted by atomic mass is 10.1. The van der Waals surface area contributed by atoms with Gasteiger partial charge in [-0.15, -0.1) is 0 Å². The zero-order chi connectivity index (χ0) is 12.1. The average Bonchev–Trinajstić information content (AvgIpc) is 2.23. The van der Waals surface area contributed by atoms with Crippen molar-refractivity contribution in [2.24, 2.45) is 0 Å². The van der Waals surface area contributed by atoms with Crippen LogP contribution in [0.4, 0.5) is 0 Å². The van der Waals surface area contributed by atoms with Gasteiger partial charge in [-0.05, 0) is 24.6 Å². The van der Waals surface area contributed by atoms with Crippen LogP contribution in [0.15, 0.2) is 21.1 Å². The normalized spacial score (nSPS) is 9.62. The van der Waals surface area contributed by atoms with Crippen LogP contribution in [-0.4, -0.2) is 12.6 Å². The van der Waals surface area contributed by atoms with E-state index in [0.29, 0.717) is 12.2 Å². The summed E-state index contributed by atoms with van der Waals surface area (Å²) in [6.07, 6.45) is 0.181. The molecule has 1 aromatic carbocycles. The molecule has 0 radical (unpaired) electrons. The van der Waals surface area contributed by atoms with Gasteiger partial charge in [0.1, 0.15) is 0 Å². The highest BCUT2D eigenvalue weighted by Crippen LogP contribution is 2.27. The second-order valence-corrected chi connectivity index (χ2v) is 4.72. The van der Waals surface area contributed by atoms with E-state index >= 15 is 0 Å². The van der Waals surface area contributed by atoms with Gasteiger partial charge < -0.3 is 4.74 Å². The fraction of sp³-hybridized carbons (Fsp3) is 0.273. The van der Waals surface area contributed by atoms with E-state index < -0.39 is 0 Å². The minimum Gasteiger partial charge on any atom is -0.466 e. The van der Waals surface area contributed by atoms with Gasteiger partial charge in [-0.2, -0.15) is 5.26 Å². The Balaban J connectivity index is 2.98. The van der Waals surface area contributed by atoms with E-state index in [1.54, 1.807) is 19.1 Å². The third-order valence-electron chi connectivity index (χ3n) is 1.90. The predicted molar refractivity (Wildman–Crippen MR) is 66.9 cm³/mol. The van der Waals surface area contributed by atoms with Gasteiger partial charge in [0.05, 0.1) is 24.7 Å². The molecule has 0 aliphatic carbocycles. The summed E-state index contributed by atoms with van der Waals surface area (Å²) in [6, 6.07) is 5.40. The van der Waals surface area contributed by atoms with Crippen LogP contribution in [0.2, 0.25) is 0 Å². The molecule has 84 valence electrons. The molecule has 0 aromatic heterocycles. The van der Waals surface area contributed by atoms with Gasteiger partial charge in [-0.1, -0.05) is 31.9 Å². The van der Waals surface area contributed by atoms with Crippen LogP contribution < -0.4 is 0 Å². The van der Waals surface area contributed by atoms with Crippen LogP contribution in [0.3, 0.4) is 0 Å². The molecule has 1 rings (SSSR count). The molecule has 16 heavy (non-hydrogen) atoms. The molecule has 1 aromatic rings. The van der Waals surface area contributed by atoms with Crippen molar-refractivity contribution in [2.45, 2.75) is 13.3 Å². The van der Waals surface area contributed by atoms with Gasteiger partial charge in [0.25, 0.3) is 0 Å². The van der Waals surface area contributed by atoms with E-state index in [1.165, 1.54) is 0 Å². The van der Waals surface area contributed by atoms with E-state index in [1.807, 2.05) is 6.07 Å². The maximum Gasteiger partial charge on any atom is 0.310 e. The van der Waals surface area contributed by atoms with Crippen molar-refractivity contribution in [1.82, 2.24) is 0 Å². The molecule has 0 spiro atoms. The lowest BCUT2D eigenvalue weighted by Crippen LogP contribution is -2.08. The van der Waals surface area contributed by atoms with Crippen molar-refractivity contribution >= 4 is 37.8 Å². The van der Waals surface area contributed by atoms with E-state index in [4.69, 9.17) is 10.00 Å². The summed E-state index contributed by atoms with van der Waals surface area (Å²) in [5, 5.41) is 8.76. The SMILES string of the molecule is CCOC(=O)Cc1c(Br)cc(C#N)cc1Br. The Morgan fingerprint density at radius 2 is 2.00 bits per heavy atom. The number of ether oxygens (including phenoxy) is 1. The molecule has 0 saturated heterocycles. The van der Waals surface area contributed by atoms with Crippen LogP contribution in [0.5, 0.6) is 0 Å². The third kappa shape index (κ3) is 3.32. The van der Waals surface area contributed by atoms with Crippen LogP contribution >= 0.6 is 31.9 Å². The first-order chi connectivity index (χ1) is 7.58. The van der Waals surface area contributed by atoms with E-state index in [9.17, 15) is 4.79 Å². The van der Waals surface area contributed by atoms with Crippen LogP contribution in [-0.2, 0) is 16.0 Å². The average molecular weight is 347 g/mol. The zero-order valence-electron chi connectivity index (χ0n) is 8.59. The van der Waals surface area contributed by atoms with Crippen molar-refractivity contribution in [3.63, 3.8) is 0 Å². The van der Waals surface area contributed by atoms with Crippen molar-refractivity contribution in [2.75, 3.05) is 6.61 Å². The standard InChI is InChI=1S/C11H9Br2NO2/c1-2-16-11(15)5-8-9(12)3-7(6-14)4-10(8)13/h3-4H,2,5H2,1H3. The third-order valence-corrected chi connectivity index (χ3v) is 3.31. The van der Waals surface area contributed by atoms with Crippen LogP contribution in [0.25, 0.3) is 0 Å². The molecule has 0 unspecified atom stereocenters. The van der Waals surface area contributed by atoms with Gasteiger partial charge in [0.2, 0.25) is 0 Å². The fourth-order valence-corrected chi connectivity index (χ4v) is 2.66. The van der Waals surface area contributed by atoms with Crippen LogP contribution in [0, 0.1) is 11.3 Å². The summed E-state index contributed by atoms with van der Waals surface area (Å²) in [5.41, 5.74) is 1.32. The maximum atomic E-state index is 11.3. The highest BCUT2D eigenvalue weighted by atomic mass is 79.9. The Labute approximate surface area is 111 Å². The number of esters is 1. The lowest BCUT2D eigenvalue weighted by Gasteiger charge is -2.07. The van der Waals surface area contributed by atoms with E-state index in [0.717, 1.165) is 14.5 Å².